The smallest absolute Gasteiger partial charge is 0.363 e. The summed E-state index contributed by atoms with van der Waals surface area (Å²) in [7, 11) is 0. The summed E-state index contributed by atoms with van der Waals surface area (Å²) < 4.78 is 5.71. The van der Waals surface area contributed by atoms with Crippen LogP contribution in [0, 0.1) is 0 Å². The van der Waals surface area contributed by atoms with Gasteiger partial charge in [0.1, 0.15) is 0 Å². The second-order valence-corrected chi connectivity index (χ2v) is 4.19. The molecule has 1 N–H and O–H groups in total. The van der Waals surface area contributed by atoms with E-state index in [9.17, 15) is 4.79 Å². The molecule has 0 saturated heterocycles. The molecule has 0 spiro atoms. The van der Waals surface area contributed by atoms with Crippen molar-refractivity contribution in [2.45, 2.75) is 6.92 Å². The number of ether oxygens (including phenoxy) is 1. The molecule has 0 atom stereocenters. The number of aromatic nitrogens is 1. The van der Waals surface area contributed by atoms with E-state index >= 15 is 0 Å². The summed E-state index contributed by atoms with van der Waals surface area (Å²) >= 11 is 1.28. The number of thiazole rings is 1. The molecule has 2 aromatic rings. The van der Waals surface area contributed by atoms with Crippen LogP contribution in [0.25, 0.3) is 10.2 Å². The predicted molar refractivity (Wildman–Crippen MR) is 64.6 cm³/mol. The average Bonchev–Trinajstić information content (AvgIpc) is 2.73. The number of fused-ring (bicyclic) bond motifs is 1. The van der Waals surface area contributed by atoms with Gasteiger partial charge >= 0.3 is 5.97 Å². The van der Waals surface area contributed by atoms with Crippen LogP contribution in [0.2, 0.25) is 0 Å². The van der Waals surface area contributed by atoms with Gasteiger partial charge < -0.3 is 9.94 Å². The first kappa shape index (κ1) is 11.5. The second kappa shape index (κ2) is 4.92. The topological polar surface area (TPSA) is 71.8 Å². The van der Waals surface area contributed by atoms with Gasteiger partial charge in [0.05, 0.1) is 16.8 Å². The van der Waals surface area contributed by atoms with Crippen LogP contribution in [0.3, 0.4) is 0 Å². The molecule has 1 heterocycles. The Kier molecular flexibility index (Phi) is 3.34. The van der Waals surface area contributed by atoms with E-state index in [-0.39, 0.29) is 12.3 Å². The first-order valence-corrected chi connectivity index (χ1v) is 5.83. The predicted octanol–water partition coefficient (Wildman–Crippen LogP) is 2.04. The lowest BCUT2D eigenvalue weighted by Crippen LogP contribution is -2.18. The van der Waals surface area contributed by atoms with Gasteiger partial charge in [-0.15, -0.1) is 11.3 Å². The standard InChI is InChI=1S/C11H10N2O3S/c1-2-16-11(14)9(13-15)10-12-7-5-3-4-6-8(7)17-10/h3-6,15H,2H2,1H3/b13-9-. The number of hydrogen-bond donors (Lipinski definition) is 1. The second-order valence-electron chi connectivity index (χ2n) is 3.16. The highest BCUT2D eigenvalue weighted by atomic mass is 32.1. The fourth-order valence-electron chi connectivity index (χ4n) is 1.34. The summed E-state index contributed by atoms with van der Waals surface area (Å²) in [5.41, 5.74) is 0.603. The molecule has 0 fully saturated rings. The molecule has 0 amide bonds. The maximum Gasteiger partial charge on any atom is 0.363 e. The van der Waals surface area contributed by atoms with Gasteiger partial charge in [0, 0.05) is 0 Å². The SMILES string of the molecule is CCOC(=O)/C(=N\O)c1nc2ccccc2s1. The van der Waals surface area contributed by atoms with Crippen molar-refractivity contribution in [2.75, 3.05) is 6.61 Å². The Hall–Kier alpha value is -1.95. The van der Waals surface area contributed by atoms with Gasteiger partial charge in [-0.05, 0) is 19.1 Å². The van der Waals surface area contributed by atoms with Crippen molar-refractivity contribution in [3.63, 3.8) is 0 Å². The van der Waals surface area contributed by atoms with Gasteiger partial charge in [-0.3, -0.25) is 0 Å². The van der Waals surface area contributed by atoms with Crippen LogP contribution in [0.1, 0.15) is 11.9 Å². The van der Waals surface area contributed by atoms with Crippen LogP contribution in [0.4, 0.5) is 0 Å². The number of oxime groups is 1. The van der Waals surface area contributed by atoms with Crippen molar-refractivity contribution in [1.82, 2.24) is 4.98 Å². The van der Waals surface area contributed by atoms with E-state index in [1.54, 1.807) is 6.92 Å². The van der Waals surface area contributed by atoms with Gasteiger partial charge in [0.15, 0.2) is 5.01 Å². The van der Waals surface area contributed by atoms with Crippen LogP contribution >= 0.6 is 11.3 Å². The first-order valence-electron chi connectivity index (χ1n) is 5.01. The molecule has 1 aromatic carbocycles. The lowest BCUT2D eigenvalue weighted by Gasteiger charge is -1.99. The van der Waals surface area contributed by atoms with Crippen molar-refractivity contribution < 1.29 is 14.7 Å². The Labute approximate surface area is 101 Å². The van der Waals surface area contributed by atoms with E-state index in [2.05, 4.69) is 10.1 Å². The van der Waals surface area contributed by atoms with Crippen LogP contribution in [0.5, 0.6) is 0 Å². The van der Waals surface area contributed by atoms with Crippen molar-refractivity contribution >= 4 is 33.2 Å². The number of benzene rings is 1. The van der Waals surface area contributed by atoms with Crippen LogP contribution in [-0.4, -0.2) is 28.5 Å². The van der Waals surface area contributed by atoms with Crippen molar-refractivity contribution in [3.8, 4) is 0 Å². The number of rotatable bonds is 3. The van der Waals surface area contributed by atoms with Crippen LogP contribution in [0.15, 0.2) is 29.4 Å². The van der Waals surface area contributed by atoms with Crippen LogP contribution in [-0.2, 0) is 9.53 Å². The van der Waals surface area contributed by atoms with Gasteiger partial charge in [0.2, 0.25) is 5.71 Å². The van der Waals surface area contributed by atoms with Gasteiger partial charge in [0.25, 0.3) is 0 Å². The number of carbonyl (C=O) groups excluding carboxylic acids is 1. The van der Waals surface area contributed by atoms with Crippen molar-refractivity contribution in [2.24, 2.45) is 5.16 Å². The van der Waals surface area contributed by atoms with E-state index in [0.29, 0.717) is 5.01 Å². The quantitative estimate of drug-likeness (QED) is 0.391. The number of nitrogens with zero attached hydrogens (tertiary/aromatic N) is 2. The number of esters is 1. The third-order valence-corrected chi connectivity index (χ3v) is 3.11. The van der Waals surface area contributed by atoms with E-state index < -0.39 is 5.97 Å². The molecule has 88 valence electrons. The highest BCUT2D eigenvalue weighted by Crippen LogP contribution is 2.22. The summed E-state index contributed by atoms with van der Waals surface area (Å²) in [6.07, 6.45) is 0. The molecule has 17 heavy (non-hydrogen) atoms. The summed E-state index contributed by atoms with van der Waals surface area (Å²) in [5.74, 6) is -0.672. The first-order chi connectivity index (χ1) is 8.26. The van der Waals surface area contributed by atoms with Gasteiger partial charge in [-0.25, -0.2) is 9.78 Å². The van der Waals surface area contributed by atoms with E-state index in [1.807, 2.05) is 24.3 Å². The summed E-state index contributed by atoms with van der Waals surface area (Å²) in [4.78, 5) is 15.7. The van der Waals surface area contributed by atoms with Crippen molar-refractivity contribution in [3.05, 3.63) is 29.3 Å². The van der Waals surface area contributed by atoms with E-state index in [0.717, 1.165) is 10.2 Å². The van der Waals surface area contributed by atoms with Gasteiger partial charge in [-0.2, -0.15) is 0 Å². The van der Waals surface area contributed by atoms with Gasteiger partial charge in [-0.1, -0.05) is 17.3 Å². The monoisotopic (exact) mass is 250 g/mol. The summed E-state index contributed by atoms with van der Waals surface area (Å²) in [5, 5.41) is 12.2. The normalized spacial score (nSPS) is 11.7. The lowest BCUT2D eigenvalue weighted by atomic mass is 10.3. The molecule has 5 nitrogen and oxygen atoms in total. The molecule has 0 aliphatic heterocycles. The third-order valence-electron chi connectivity index (χ3n) is 2.07. The Morgan fingerprint density at radius 1 is 1.53 bits per heavy atom. The molecule has 6 heteroatoms. The Morgan fingerprint density at radius 2 is 2.29 bits per heavy atom. The molecule has 1 aromatic heterocycles. The van der Waals surface area contributed by atoms with Crippen molar-refractivity contribution in [1.29, 1.82) is 0 Å². The molecule has 0 unspecified atom stereocenters. The molecule has 0 saturated carbocycles. The number of carbonyl (C=O) groups is 1. The summed E-state index contributed by atoms with van der Waals surface area (Å²) in [6, 6.07) is 7.45. The zero-order chi connectivity index (χ0) is 12.3. The zero-order valence-corrected chi connectivity index (χ0v) is 9.90. The Morgan fingerprint density at radius 3 is 2.94 bits per heavy atom. The summed E-state index contributed by atoms with van der Waals surface area (Å²) in [6.45, 7) is 1.91. The fourth-order valence-corrected chi connectivity index (χ4v) is 2.28. The molecule has 0 aliphatic rings. The highest BCUT2D eigenvalue weighted by Gasteiger charge is 2.20. The number of hydrogen-bond acceptors (Lipinski definition) is 6. The lowest BCUT2D eigenvalue weighted by molar-refractivity contribution is -0.135. The Balaban J connectivity index is 2.41. The third kappa shape index (κ3) is 2.26. The van der Waals surface area contributed by atoms with Crippen LogP contribution < -0.4 is 0 Å². The minimum absolute atomic E-state index is 0.159. The molecular formula is C11H10N2O3S. The zero-order valence-electron chi connectivity index (χ0n) is 9.08. The molecule has 0 radical (unpaired) electrons. The fraction of sp³-hybridized carbons (Fsp3) is 0.182. The molecule has 0 bridgehead atoms. The molecule has 2 rings (SSSR count). The molecular weight excluding hydrogens is 240 g/mol. The maximum atomic E-state index is 11.5. The number of para-hydroxylation sites is 1. The largest absolute Gasteiger partial charge is 0.461 e. The minimum atomic E-state index is -0.672. The minimum Gasteiger partial charge on any atom is -0.461 e. The van der Waals surface area contributed by atoms with E-state index in [4.69, 9.17) is 9.94 Å². The maximum absolute atomic E-state index is 11.5. The average molecular weight is 250 g/mol. The Bertz CT molecular complexity index is 544. The highest BCUT2D eigenvalue weighted by molar-refractivity contribution is 7.21. The van der Waals surface area contributed by atoms with E-state index in [1.165, 1.54) is 11.3 Å². The molecule has 0 aliphatic carbocycles.